The number of tetrazole rings is 1. The average molecular weight is 1910 g/mol. The molecule has 136 heavy (non-hydrogen) atoms. The molecule has 13 unspecified atom stereocenters. The van der Waals surface area contributed by atoms with Crippen LogP contribution in [-0.4, -0.2) is 248 Å². The molecule has 4 aromatic rings. The number of carbonyl (C=O) groups is 13. The van der Waals surface area contributed by atoms with Crippen molar-refractivity contribution in [3.8, 4) is 22.5 Å². The topological polar surface area (TPSA) is 759 Å². The maximum atomic E-state index is 15.4. The van der Waals surface area contributed by atoms with Gasteiger partial charge in [0.05, 0.1) is 36.3 Å². The van der Waals surface area contributed by atoms with Crippen LogP contribution in [-0.2, 0) is 64.0 Å². The predicted octanol–water partition coefficient (Wildman–Crippen LogP) is -1.31. The first-order chi connectivity index (χ1) is 65.6. The van der Waals surface area contributed by atoms with E-state index in [0.29, 0.717) is 192 Å². The lowest BCUT2D eigenvalue weighted by molar-refractivity contribution is -0.134. The van der Waals surface area contributed by atoms with Gasteiger partial charge in [-0.25, -0.2) is 0 Å². The normalized spacial score (nSPS) is 14.7. The van der Waals surface area contributed by atoms with Crippen molar-refractivity contribution in [1.29, 1.82) is 0 Å². The van der Waals surface area contributed by atoms with Crippen molar-refractivity contribution in [3.05, 3.63) is 89.0 Å². The minimum atomic E-state index is -1.49. The van der Waals surface area contributed by atoms with Crippen molar-refractivity contribution >= 4 is 76.8 Å². The molecule has 5 rings (SSSR count). The van der Waals surface area contributed by atoms with Gasteiger partial charge in [-0.05, 0) is 290 Å². The third-order valence-corrected chi connectivity index (χ3v) is 24.3. The van der Waals surface area contributed by atoms with Gasteiger partial charge >= 0.3 is 0 Å². The van der Waals surface area contributed by atoms with E-state index in [1.807, 2.05) is 30.3 Å². The van der Waals surface area contributed by atoms with E-state index in [-0.39, 0.29) is 152 Å². The maximum Gasteiger partial charge on any atom is 0.251 e. The number of nitrogens with two attached hydrogens (primary N) is 13. The molecule has 42 nitrogen and oxygen atoms in total. The second-order valence-electron chi connectivity index (χ2n) is 35.4. The minimum absolute atomic E-state index is 0.00523. The highest BCUT2D eigenvalue weighted by atomic mass is 16.2. The lowest BCUT2D eigenvalue weighted by atomic mass is 9.89. The van der Waals surface area contributed by atoms with Crippen LogP contribution in [0.3, 0.4) is 0 Å². The molecular formula is C94H161N29O13. The lowest BCUT2D eigenvalue weighted by Crippen LogP contribution is -2.58. The smallest absolute Gasteiger partial charge is 0.251 e. The molecule has 1 aromatic heterocycles. The van der Waals surface area contributed by atoms with Crippen LogP contribution in [0.25, 0.3) is 22.5 Å². The third kappa shape index (κ3) is 44.2. The number of aromatic nitrogens is 4. The Hall–Kier alpha value is -10.6. The Morgan fingerprint density at radius 1 is 0.301 bits per heavy atom. The summed E-state index contributed by atoms with van der Waals surface area (Å²) in [7, 11) is 0. The lowest BCUT2D eigenvalue weighted by Gasteiger charge is -2.27. The summed E-state index contributed by atoms with van der Waals surface area (Å²) in [5.74, 6) is -7.17. The van der Waals surface area contributed by atoms with Crippen LogP contribution in [0.4, 0.5) is 0 Å². The highest BCUT2D eigenvalue weighted by Gasteiger charge is 2.35. The Bertz CT molecular complexity index is 4230. The number of nitrogens with zero attached hydrogens (tertiary/aromatic N) is 3. The molecule has 0 bridgehead atoms. The molecule has 39 N–H and O–H groups in total. The summed E-state index contributed by atoms with van der Waals surface area (Å²) in [5, 5.41) is 48.5. The fraction of sp³-hybridized carbons (Fsp3) is 0.660. The summed E-state index contributed by atoms with van der Waals surface area (Å²) in [6, 6.07) is 8.87. The van der Waals surface area contributed by atoms with Gasteiger partial charge in [0, 0.05) is 56.3 Å². The molecule has 1 heterocycles. The van der Waals surface area contributed by atoms with Crippen molar-refractivity contribution in [2.45, 2.75) is 316 Å². The Kier molecular flexibility index (Phi) is 57.6. The minimum Gasteiger partial charge on any atom is -0.368 e. The maximum absolute atomic E-state index is 15.4. The number of fused-ring (bicyclic) bond motifs is 3. The van der Waals surface area contributed by atoms with E-state index >= 15 is 14.4 Å². The average Bonchev–Trinajstić information content (AvgIpc) is 1.60. The molecule has 42 heteroatoms. The molecule has 1 aliphatic rings. The fourth-order valence-corrected chi connectivity index (χ4v) is 15.9. The summed E-state index contributed by atoms with van der Waals surface area (Å²) >= 11 is 0. The van der Waals surface area contributed by atoms with Gasteiger partial charge < -0.3 is 138 Å². The van der Waals surface area contributed by atoms with Crippen molar-refractivity contribution in [1.82, 2.24) is 84.4 Å². The first kappa shape index (κ1) is 116. The summed E-state index contributed by atoms with van der Waals surface area (Å²) in [5.41, 5.74) is 84.3. The Balaban J connectivity index is 1.41. The number of primary amides is 1. The molecule has 0 saturated carbocycles. The number of H-pyrrole nitrogens is 1. The van der Waals surface area contributed by atoms with Crippen LogP contribution < -0.4 is 138 Å². The number of hydrogen-bond donors (Lipinski definition) is 26. The summed E-state index contributed by atoms with van der Waals surface area (Å²) in [6.07, 6.45) is 13.9. The monoisotopic (exact) mass is 1900 g/mol. The van der Waals surface area contributed by atoms with E-state index in [1.165, 1.54) is 5.56 Å². The number of aromatic amines is 1. The van der Waals surface area contributed by atoms with Crippen molar-refractivity contribution in [2.75, 3.05) is 78.5 Å². The third-order valence-electron chi connectivity index (χ3n) is 24.3. The van der Waals surface area contributed by atoms with Gasteiger partial charge in [0.25, 0.3) is 5.91 Å². The van der Waals surface area contributed by atoms with Crippen molar-refractivity contribution in [2.24, 2.45) is 74.5 Å². The zero-order valence-electron chi connectivity index (χ0n) is 79.7. The number of nitrogens with one attached hydrogen (secondary N) is 13. The van der Waals surface area contributed by atoms with Crippen LogP contribution in [0.15, 0.2) is 66.7 Å². The molecule has 0 radical (unpaired) electrons. The SMILES string of the molecule is NCCCCC(N)C(=O)NCCCCC(NC(=O)C(N)CCCCN)C(=O)NCCCCC(NC(=O)C(CCCCNC(=O)C(CCCCNC(=O)C(N)CCCCN)NC(=O)C(N)CCCCN)NC(=O)C(CCCCNC(=O)C(N)CCCCN)NC(=O)C(N)CCCCN)C(=O)NC(CCCCNC(=O)c1ccc(CC2c3ccccc3-c3cc(-c4nn[nH]n4)ccc32)cc1)C(N)=O. The molecule has 760 valence electrons. The number of benzene rings is 3. The van der Waals surface area contributed by atoms with Crippen LogP contribution in [0.2, 0.25) is 0 Å². The molecule has 0 fully saturated rings. The number of rotatable bonds is 76. The van der Waals surface area contributed by atoms with Gasteiger partial charge in [0.1, 0.15) is 36.3 Å². The molecular weight excluding hydrogens is 1740 g/mol. The van der Waals surface area contributed by atoms with E-state index in [9.17, 15) is 47.9 Å². The second kappa shape index (κ2) is 67.6. The van der Waals surface area contributed by atoms with Crippen LogP contribution in [0, 0.1) is 0 Å². The Morgan fingerprint density at radius 2 is 0.596 bits per heavy atom. The second-order valence-corrected chi connectivity index (χ2v) is 35.4. The van der Waals surface area contributed by atoms with Gasteiger partial charge in [-0.2, -0.15) is 5.21 Å². The largest absolute Gasteiger partial charge is 0.368 e. The summed E-state index contributed by atoms with van der Waals surface area (Å²) in [6.45, 7) is 3.35. The highest BCUT2D eigenvalue weighted by Crippen LogP contribution is 2.47. The predicted molar refractivity (Wildman–Crippen MR) is 524 cm³/mol. The first-order valence-corrected chi connectivity index (χ1v) is 49.2. The number of amides is 13. The summed E-state index contributed by atoms with van der Waals surface area (Å²) < 4.78 is 0. The van der Waals surface area contributed by atoms with Gasteiger partial charge in [0.15, 0.2) is 0 Å². The summed E-state index contributed by atoms with van der Waals surface area (Å²) in [4.78, 5) is 181. The van der Waals surface area contributed by atoms with Crippen molar-refractivity contribution < 1.29 is 62.3 Å². The van der Waals surface area contributed by atoms with Crippen LogP contribution in [0.5, 0.6) is 0 Å². The van der Waals surface area contributed by atoms with Gasteiger partial charge in [0.2, 0.25) is 76.7 Å². The van der Waals surface area contributed by atoms with Crippen LogP contribution in [0.1, 0.15) is 264 Å². The van der Waals surface area contributed by atoms with Crippen molar-refractivity contribution in [3.63, 3.8) is 0 Å². The zero-order chi connectivity index (χ0) is 99.4. The first-order valence-electron chi connectivity index (χ1n) is 49.2. The molecule has 0 spiro atoms. The van der Waals surface area contributed by atoms with Crippen LogP contribution >= 0.6 is 0 Å². The van der Waals surface area contributed by atoms with Gasteiger partial charge in [-0.1, -0.05) is 87.1 Å². The molecule has 3 aromatic carbocycles. The van der Waals surface area contributed by atoms with Gasteiger partial charge in [-0.15, -0.1) is 10.2 Å². The quantitative estimate of drug-likeness (QED) is 0.0228. The van der Waals surface area contributed by atoms with E-state index < -0.39 is 126 Å². The number of unbranched alkanes of at least 4 members (excludes halogenated alkanes) is 12. The Morgan fingerprint density at radius 3 is 0.934 bits per heavy atom. The number of hydrogen-bond acceptors (Lipinski definition) is 28. The molecule has 1 aliphatic carbocycles. The molecule has 0 saturated heterocycles. The molecule has 13 amide bonds. The van der Waals surface area contributed by atoms with E-state index in [1.54, 1.807) is 12.1 Å². The zero-order valence-corrected chi connectivity index (χ0v) is 79.7. The highest BCUT2D eigenvalue weighted by molar-refractivity contribution is 5.97. The number of carbonyl (C=O) groups excluding carboxylic acids is 13. The van der Waals surface area contributed by atoms with E-state index in [0.717, 1.165) is 40.7 Å². The standard InChI is InChI=1S/C94H161N29O13/c95-47-15-3-29-69(101)84(126)109-54-22-10-36-76(115-87(129)72(104)32-6-18-50-98)90(132)112-57-25-13-39-79(92(134)114-75(81(107)124)35-9-21-53-108-83(125)62-43-41-61(42-44-62)59-67-64-27-1-2-28-65(64)68-60-63(45-46-66(67)68)82-120-122-123-121-82)118-94(136)80(119-93(135)78(117-89(131)74(106)34-8-20-52-100)38-12-24-56-111-86(128)71(103)31-5-17-49-97)40-14-26-58-113-91(133)77(116-88(130)73(105)33-7-19-51-99)37-11-23-55-110-85(127)70(102)30-4-16-48-96/h1-2,27-28,41-46,60,67,69-80H,3-26,29-40,47-59,95-106H2,(H2,107,124)(H,108,125)(H,109,126)(H,110,127)(H,111,128)(H,112,132)(H,113,133)(H,114,134)(H,115,129)(H,116,130)(H,117,131)(H,118,136)(H,119,135)(H,120,121,122,123). The fourth-order valence-electron chi connectivity index (χ4n) is 15.9. The van der Waals surface area contributed by atoms with Gasteiger partial charge in [-0.3, -0.25) is 62.3 Å². The molecule has 0 aliphatic heterocycles. The van der Waals surface area contributed by atoms with E-state index in [4.69, 9.17) is 74.5 Å². The van der Waals surface area contributed by atoms with E-state index in [2.05, 4.69) is 109 Å². The molecule has 13 atom stereocenters. The Labute approximate surface area is 800 Å².